The number of carbonyl (C=O) groups is 1. The van der Waals surface area contributed by atoms with Gasteiger partial charge >= 0.3 is 0 Å². The lowest BCUT2D eigenvalue weighted by Crippen LogP contribution is -2.20. The Morgan fingerprint density at radius 2 is 1.57 bits per heavy atom. The number of halogens is 1. The number of nitrogens with zero attached hydrogens (tertiary/aromatic N) is 1. The second-order valence-electron chi connectivity index (χ2n) is 5.75. The summed E-state index contributed by atoms with van der Waals surface area (Å²) in [6.07, 6.45) is 0. The van der Waals surface area contributed by atoms with Crippen LogP contribution in [0.15, 0.2) is 46.0 Å². The molecule has 7 heteroatoms. The third-order valence-corrected chi connectivity index (χ3v) is 4.23. The molecule has 0 spiro atoms. The molecule has 0 aliphatic carbocycles. The average molecular weight is 449 g/mol. The lowest BCUT2D eigenvalue weighted by molar-refractivity contribution is 0.0953. The fourth-order valence-electron chi connectivity index (χ4n) is 2.50. The van der Waals surface area contributed by atoms with Gasteiger partial charge in [0.05, 0.1) is 25.5 Å². The van der Waals surface area contributed by atoms with Crippen molar-refractivity contribution < 1.29 is 19.0 Å². The third kappa shape index (κ3) is 5.73. The molecule has 0 aromatic heterocycles. The molecule has 0 heterocycles. The van der Waals surface area contributed by atoms with Gasteiger partial charge in [0, 0.05) is 10.0 Å². The number of hydrogen-bond acceptors (Lipinski definition) is 5. The summed E-state index contributed by atoms with van der Waals surface area (Å²) in [6.45, 7) is 8.79. The van der Waals surface area contributed by atoms with Gasteiger partial charge in [0.1, 0.15) is 0 Å². The Labute approximate surface area is 174 Å². The van der Waals surface area contributed by atoms with Crippen LogP contribution in [-0.2, 0) is 0 Å². The van der Waals surface area contributed by atoms with Crippen LogP contribution in [0.4, 0.5) is 0 Å². The Morgan fingerprint density at radius 1 is 0.964 bits per heavy atom. The molecule has 1 amide bonds. The smallest absolute Gasteiger partial charge is 0.271 e. The fraction of sp³-hybridized carbons (Fsp3) is 0.333. The van der Waals surface area contributed by atoms with Gasteiger partial charge in [-0.2, -0.15) is 5.10 Å². The molecule has 0 radical (unpaired) electrons. The topological polar surface area (TPSA) is 69.2 Å². The van der Waals surface area contributed by atoms with Crippen LogP contribution >= 0.6 is 15.9 Å². The quantitative estimate of drug-likeness (QED) is 0.441. The Hall–Kier alpha value is -2.54. The van der Waals surface area contributed by atoms with Crippen molar-refractivity contribution in [1.29, 1.82) is 0 Å². The molecule has 0 saturated carbocycles. The predicted octanol–water partition coefficient (Wildman–Crippen LogP) is 4.80. The van der Waals surface area contributed by atoms with Gasteiger partial charge < -0.3 is 14.2 Å². The van der Waals surface area contributed by atoms with E-state index in [9.17, 15) is 4.79 Å². The maximum absolute atomic E-state index is 12.7. The Balaban J connectivity index is 2.29. The number of benzene rings is 2. The number of carbonyl (C=O) groups excluding carboxylic acids is 1. The minimum atomic E-state index is -0.362. The van der Waals surface area contributed by atoms with Gasteiger partial charge in [0.15, 0.2) is 11.5 Å². The molecule has 150 valence electrons. The summed E-state index contributed by atoms with van der Waals surface area (Å²) in [6, 6.07) is 11.0. The highest BCUT2D eigenvalue weighted by Crippen LogP contribution is 2.39. The first kappa shape index (κ1) is 21.8. The van der Waals surface area contributed by atoms with Crippen LogP contribution in [0, 0.1) is 0 Å². The molecule has 0 aliphatic rings. The number of rotatable bonds is 9. The molecule has 0 bridgehead atoms. The van der Waals surface area contributed by atoms with Crippen molar-refractivity contribution in [3.05, 3.63) is 52.0 Å². The van der Waals surface area contributed by atoms with Crippen molar-refractivity contribution in [3.63, 3.8) is 0 Å². The van der Waals surface area contributed by atoms with E-state index < -0.39 is 0 Å². The van der Waals surface area contributed by atoms with Crippen molar-refractivity contribution in [3.8, 4) is 17.2 Å². The summed E-state index contributed by atoms with van der Waals surface area (Å²) in [5.41, 5.74) is 4.56. The highest BCUT2D eigenvalue weighted by Gasteiger charge is 2.18. The summed E-state index contributed by atoms with van der Waals surface area (Å²) < 4.78 is 17.9. The standard InChI is InChI=1S/C21H25BrN2O4/c1-5-26-18-12-16(13-19(27-6-2)20(18)28-7-3)21(25)24-23-14(4)15-9-8-10-17(22)11-15/h8-13H,5-7H2,1-4H3,(H,24,25)/b23-14+. The minimum absolute atomic E-state index is 0.362. The van der Waals surface area contributed by atoms with Crippen molar-refractivity contribution >= 4 is 27.5 Å². The molecule has 0 saturated heterocycles. The summed E-state index contributed by atoms with van der Waals surface area (Å²) in [7, 11) is 0. The SMILES string of the molecule is CCOc1cc(C(=O)N/N=C(\C)c2cccc(Br)c2)cc(OCC)c1OCC. The summed E-state index contributed by atoms with van der Waals surface area (Å²) in [5, 5.41) is 4.21. The third-order valence-electron chi connectivity index (χ3n) is 3.74. The van der Waals surface area contributed by atoms with E-state index in [-0.39, 0.29) is 5.91 Å². The lowest BCUT2D eigenvalue weighted by atomic mass is 10.1. The minimum Gasteiger partial charge on any atom is -0.490 e. The van der Waals surface area contributed by atoms with E-state index in [4.69, 9.17) is 14.2 Å². The highest BCUT2D eigenvalue weighted by atomic mass is 79.9. The molecule has 28 heavy (non-hydrogen) atoms. The molecule has 2 rings (SSSR count). The largest absolute Gasteiger partial charge is 0.490 e. The zero-order valence-electron chi connectivity index (χ0n) is 16.5. The number of hydrogen-bond donors (Lipinski definition) is 1. The van der Waals surface area contributed by atoms with Crippen molar-refractivity contribution in [1.82, 2.24) is 5.43 Å². The Bertz CT molecular complexity index is 825. The maximum Gasteiger partial charge on any atom is 0.271 e. The van der Waals surface area contributed by atoms with Crippen molar-refractivity contribution in [2.45, 2.75) is 27.7 Å². The predicted molar refractivity (Wildman–Crippen MR) is 114 cm³/mol. The Morgan fingerprint density at radius 3 is 2.11 bits per heavy atom. The van der Waals surface area contributed by atoms with Gasteiger partial charge in [-0.15, -0.1) is 0 Å². The average Bonchev–Trinajstić information content (AvgIpc) is 2.68. The number of ether oxygens (including phenoxy) is 3. The van der Waals surface area contributed by atoms with E-state index in [1.165, 1.54) is 0 Å². The van der Waals surface area contributed by atoms with Crippen LogP contribution in [0.1, 0.15) is 43.6 Å². The first-order chi connectivity index (χ1) is 13.5. The lowest BCUT2D eigenvalue weighted by Gasteiger charge is -2.16. The monoisotopic (exact) mass is 448 g/mol. The molecular formula is C21H25BrN2O4. The molecule has 1 N–H and O–H groups in total. The molecular weight excluding hydrogens is 424 g/mol. The van der Waals surface area contributed by atoms with E-state index in [1.807, 2.05) is 52.0 Å². The van der Waals surface area contributed by atoms with Crippen LogP contribution in [0.2, 0.25) is 0 Å². The van der Waals surface area contributed by atoms with E-state index in [0.29, 0.717) is 48.3 Å². The van der Waals surface area contributed by atoms with Gasteiger partial charge in [-0.25, -0.2) is 5.43 Å². The summed E-state index contributed by atoms with van der Waals surface area (Å²) >= 11 is 3.43. The Kier molecular flexibility index (Phi) is 8.32. The number of hydrazone groups is 1. The summed E-state index contributed by atoms with van der Waals surface area (Å²) in [5.74, 6) is 1.07. The molecule has 2 aromatic rings. The molecule has 0 fully saturated rings. The van der Waals surface area contributed by atoms with Crippen LogP contribution in [-0.4, -0.2) is 31.4 Å². The first-order valence-corrected chi connectivity index (χ1v) is 9.96. The van der Waals surface area contributed by atoms with Gasteiger partial charge in [0.2, 0.25) is 5.75 Å². The normalized spacial score (nSPS) is 11.1. The zero-order valence-corrected chi connectivity index (χ0v) is 18.1. The maximum atomic E-state index is 12.7. The van der Waals surface area contributed by atoms with Gasteiger partial charge in [-0.1, -0.05) is 28.1 Å². The highest BCUT2D eigenvalue weighted by molar-refractivity contribution is 9.10. The number of nitrogens with one attached hydrogen (secondary N) is 1. The molecule has 2 aromatic carbocycles. The molecule has 0 atom stereocenters. The van der Waals surface area contributed by atoms with Crippen LogP contribution in [0.25, 0.3) is 0 Å². The van der Waals surface area contributed by atoms with Gasteiger partial charge in [-0.05, 0) is 57.5 Å². The van der Waals surface area contributed by atoms with Crippen LogP contribution < -0.4 is 19.6 Å². The summed E-state index contributed by atoms with van der Waals surface area (Å²) in [4.78, 5) is 12.7. The van der Waals surface area contributed by atoms with Crippen LogP contribution in [0.3, 0.4) is 0 Å². The van der Waals surface area contributed by atoms with E-state index in [2.05, 4.69) is 26.5 Å². The van der Waals surface area contributed by atoms with Crippen molar-refractivity contribution in [2.75, 3.05) is 19.8 Å². The zero-order chi connectivity index (χ0) is 20.5. The van der Waals surface area contributed by atoms with E-state index >= 15 is 0 Å². The van der Waals surface area contributed by atoms with Crippen LogP contribution in [0.5, 0.6) is 17.2 Å². The molecule has 0 unspecified atom stereocenters. The fourth-order valence-corrected chi connectivity index (χ4v) is 2.90. The van der Waals surface area contributed by atoms with Gasteiger partial charge in [0.25, 0.3) is 5.91 Å². The number of amides is 1. The molecule has 0 aliphatic heterocycles. The van der Waals surface area contributed by atoms with Gasteiger partial charge in [-0.3, -0.25) is 4.79 Å². The van der Waals surface area contributed by atoms with Crippen molar-refractivity contribution in [2.24, 2.45) is 5.10 Å². The second kappa shape index (κ2) is 10.7. The molecule has 6 nitrogen and oxygen atoms in total. The second-order valence-corrected chi connectivity index (χ2v) is 6.66. The van der Waals surface area contributed by atoms with E-state index in [0.717, 1.165) is 10.0 Å². The van der Waals surface area contributed by atoms with E-state index in [1.54, 1.807) is 12.1 Å². The first-order valence-electron chi connectivity index (χ1n) is 9.17.